The Morgan fingerprint density at radius 3 is 2.03 bits per heavy atom. The molecule has 1 heterocycles. The van der Waals surface area contributed by atoms with Crippen LogP contribution in [0, 0.1) is 17.8 Å². The van der Waals surface area contributed by atoms with Gasteiger partial charge in [-0.25, -0.2) is 0 Å². The summed E-state index contributed by atoms with van der Waals surface area (Å²) in [6, 6.07) is 14.4. The van der Waals surface area contributed by atoms with Crippen molar-refractivity contribution in [2.45, 2.75) is 122 Å². The lowest BCUT2D eigenvalue weighted by Gasteiger charge is -2.37. The van der Waals surface area contributed by atoms with E-state index in [9.17, 15) is 0 Å². The molecule has 0 spiro atoms. The van der Waals surface area contributed by atoms with E-state index in [1.807, 2.05) is 0 Å². The largest absolute Gasteiger partial charge is 0.0654 e. The zero-order chi connectivity index (χ0) is 20.3. The predicted octanol–water partition coefficient (Wildman–Crippen LogP) is 8.60. The summed E-state index contributed by atoms with van der Waals surface area (Å²) < 4.78 is 0. The van der Waals surface area contributed by atoms with Crippen molar-refractivity contribution in [3.8, 4) is 0 Å². The second kappa shape index (κ2) is 13.0. The second-order valence-electron chi connectivity index (χ2n) is 10.5. The van der Waals surface area contributed by atoms with Gasteiger partial charge in [-0.05, 0) is 61.0 Å². The van der Waals surface area contributed by atoms with Gasteiger partial charge in [0.15, 0.2) is 0 Å². The number of hydrogen-bond acceptors (Lipinski definition) is 0. The maximum Gasteiger partial charge on any atom is 0.0368 e. The van der Waals surface area contributed by atoms with Gasteiger partial charge < -0.3 is 0 Å². The van der Waals surface area contributed by atoms with Gasteiger partial charge in [0.05, 0.1) is 0 Å². The van der Waals surface area contributed by atoms with E-state index in [1.165, 1.54) is 44.1 Å². The van der Waals surface area contributed by atoms with E-state index < -0.39 is 0 Å². The van der Waals surface area contributed by atoms with Crippen LogP contribution in [-0.4, -0.2) is 8.80 Å². The summed E-state index contributed by atoms with van der Waals surface area (Å²) in [5.41, 5.74) is 3.01. The summed E-state index contributed by atoms with van der Waals surface area (Å²) in [4.78, 5) is 0. The highest BCUT2D eigenvalue weighted by Crippen LogP contribution is 2.42. The Bertz CT molecular complexity index is 532. The third kappa shape index (κ3) is 7.89. The highest BCUT2D eigenvalue weighted by Gasteiger charge is 2.30. The topological polar surface area (TPSA) is 0 Å². The summed E-state index contributed by atoms with van der Waals surface area (Å²) in [5, 5.41) is 0. The third-order valence-electron chi connectivity index (χ3n) is 8.42. The average molecular weight is 413 g/mol. The average Bonchev–Trinajstić information content (AvgIpc) is 2.78. The highest BCUT2D eigenvalue weighted by molar-refractivity contribution is 6.58. The van der Waals surface area contributed by atoms with Crippen molar-refractivity contribution in [2.75, 3.05) is 0 Å². The molecular formula is C28H48Si. The predicted molar refractivity (Wildman–Crippen MR) is 133 cm³/mol. The van der Waals surface area contributed by atoms with Crippen molar-refractivity contribution in [1.29, 1.82) is 0 Å². The highest BCUT2D eigenvalue weighted by atomic mass is 28.3. The molecule has 0 radical (unpaired) electrons. The first kappa shape index (κ1) is 23.1. The Balaban J connectivity index is 1.25. The maximum absolute atomic E-state index is 2.35. The Hall–Kier alpha value is -0.563. The molecule has 0 atom stereocenters. The minimum atomic E-state index is -0.313. The van der Waals surface area contributed by atoms with Gasteiger partial charge in [-0.1, -0.05) is 114 Å². The first-order valence-corrected chi connectivity index (χ1v) is 15.8. The summed E-state index contributed by atoms with van der Waals surface area (Å²) in [5.74, 6) is 3.28. The monoisotopic (exact) mass is 412 g/mol. The van der Waals surface area contributed by atoms with Crippen molar-refractivity contribution in [3.05, 3.63) is 35.4 Å². The molecule has 1 aliphatic heterocycles. The maximum atomic E-state index is 2.35. The zero-order valence-corrected chi connectivity index (χ0v) is 20.8. The first-order valence-electron chi connectivity index (χ1n) is 13.4. The van der Waals surface area contributed by atoms with E-state index in [0.717, 1.165) is 24.2 Å². The number of unbranched alkanes of at least 4 members (excludes halogenated alkanes) is 3. The smallest absolute Gasteiger partial charge is 0.0368 e. The summed E-state index contributed by atoms with van der Waals surface area (Å²) in [7, 11) is -0.313. The molecule has 2 aliphatic rings. The Labute approximate surface area is 183 Å². The van der Waals surface area contributed by atoms with Gasteiger partial charge in [0.25, 0.3) is 0 Å². The Morgan fingerprint density at radius 1 is 0.724 bits per heavy atom. The minimum Gasteiger partial charge on any atom is -0.0654 e. The molecule has 0 N–H and O–H groups in total. The van der Waals surface area contributed by atoms with Crippen LogP contribution < -0.4 is 0 Å². The zero-order valence-electron chi connectivity index (χ0n) is 19.6. The molecule has 1 heteroatoms. The molecule has 1 saturated carbocycles. The van der Waals surface area contributed by atoms with E-state index in [2.05, 4.69) is 38.1 Å². The molecule has 0 aromatic heterocycles. The van der Waals surface area contributed by atoms with Gasteiger partial charge in [-0.3, -0.25) is 0 Å². The van der Waals surface area contributed by atoms with Crippen LogP contribution in [0.5, 0.6) is 0 Å². The third-order valence-corrected chi connectivity index (χ3v) is 11.9. The fourth-order valence-electron chi connectivity index (χ4n) is 6.28. The fraction of sp³-hybridized carbons (Fsp3) is 0.786. The van der Waals surface area contributed by atoms with Crippen molar-refractivity contribution in [2.24, 2.45) is 17.8 Å². The molecule has 1 aromatic carbocycles. The first-order chi connectivity index (χ1) is 14.3. The molecular weight excluding hydrogens is 364 g/mol. The van der Waals surface area contributed by atoms with Crippen LogP contribution in [0.2, 0.25) is 18.1 Å². The summed E-state index contributed by atoms with van der Waals surface area (Å²) >= 11 is 0. The molecule has 2 fully saturated rings. The van der Waals surface area contributed by atoms with Crippen molar-refractivity contribution < 1.29 is 0 Å². The van der Waals surface area contributed by atoms with Crippen LogP contribution in [-0.2, 0) is 12.8 Å². The molecule has 164 valence electrons. The van der Waals surface area contributed by atoms with Crippen LogP contribution >= 0.6 is 0 Å². The van der Waals surface area contributed by atoms with Gasteiger partial charge in [-0.2, -0.15) is 0 Å². The quantitative estimate of drug-likeness (QED) is 0.252. The minimum absolute atomic E-state index is 0.313. The van der Waals surface area contributed by atoms with E-state index in [4.69, 9.17) is 0 Å². The molecule has 3 rings (SSSR count). The van der Waals surface area contributed by atoms with E-state index in [-0.39, 0.29) is 8.80 Å². The number of benzene rings is 1. The molecule has 0 bridgehead atoms. The Kier molecular flexibility index (Phi) is 10.3. The molecule has 1 aliphatic carbocycles. The lowest BCUT2D eigenvalue weighted by molar-refractivity contribution is 0.184. The van der Waals surface area contributed by atoms with Crippen molar-refractivity contribution in [1.82, 2.24) is 0 Å². The van der Waals surface area contributed by atoms with Gasteiger partial charge in [-0.15, -0.1) is 0 Å². The van der Waals surface area contributed by atoms with Gasteiger partial charge in [0, 0.05) is 8.80 Å². The van der Waals surface area contributed by atoms with Crippen LogP contribution in [0.15, 0.2) is 24.3 Å². The normalized spacial score (nSPS) is 27.8. The number of rotatable bonds is 11. The SMILES string of the molecule is CCCCC[Si@H]1CC[C@H]([C@H]2CC[C@H](CCCCc3ccc(CC)cc3)CC2)CC1. The van der Waals surface area contributed by atoms with Gasteiger partial charge >= 0.3 is 0 Å². The number of hydrogen-bond donors (Lipinski definition) is 0. The van der Waals surface area contributed by atoms with Gasteiger partial charge in [0.2, 0.25) is 0 Å². The standard InChI is InChI=1S/C28H48Si/c1-3-5-8-21-29-22-19-28(20-23-29)27-17-15-26(16-18-27)10-7-6-9-25-13-11-24(4-2)12-14-25/h11-14,26-29H,3-10,15-23H2,1-2H3/t26-,27-,28-,29-. The van der Waals surface area contributed by atoms with Crippen molar-refractivity contribution in [3.63, 3.8) is 0 Å². The lowest BCUT2D eigenvalue weighted by Crippen LogP contribution is -2.28. The molecule has 0 amide bonds. The van der Waals surface area contributed by atoms with Crippen LogP contribution in [0.25, 0.3) is 0 Å². The van der Waals surface area contributed by atoms with E-state index >= 15 is 0 Å². The molecule has 1 saturated heterocycles. The summed E-state index contributed by atoms with van der Waals surface area (Å²) in [6.45, 7) is 4.59. The lowest BCUT2D eigenvalue weighted by atomic mass is 9.73. The molecule has 29 heavy (non-hydrogen) atoms. The summed E-state index contributed by atoms with van der Waals surface area (Å²) in [6.07, 6.45) is 20.7. The molecule has 1 aromatic rings. The second-order valence-corrected chi connectivity index (χ2v) is 13.9. The molecule has 0 unspecified atom stereocenters. The number of aryl methyl sites for hydroxylation is 2. The fourth-order valence-corrected chi connectivity index (χ4v) is 9.81. The Morgan fingerprint density at radius 2 is 1.38 bits per heavy atom. The van der Waals surface area contributed by atoms with Crippen LogP contribution in [0.4, 0.5) is 0 Å². The van der Waals surface area contributed by atoms with E-state index in [0.29, 0.717) is 0 Å². The van der Waals surface area contributed by atoms with Crippen LogP contribution in [0.1, 0.15) is 102 Å². The van der Waals surface area contributed by atoms with Gasteiger partial charge in [0.1, 0.15) is 0 Å². The van der Waals surface area contributed by atoms with Crippen molar-refractivity contribution >= 4 is 8.80 Å². The molecule has 0 nitrogen and oxygen atoms in total. The van der Waals surface area contributed by atoms with E-state index in [1.54, 1.807) is 68.6 Å². The van der Waals surface area contributed by atoms with Crippen LogP contribution in [0.3, 0.4) is 0 Å².